The normalized spacial score (nSPS) is 10.8. The molecule has 108 valence electrons. The van der Waals surface area contributed by atoms with E-state index in [1.807, 2.05) is 30.7 Å². The molecule has 0 saturated heterocycles. The van der Waals surface area contributed by atoms with Crippen LogP contribution in [0.5, 0.6) is 5.75 Å². The highest BCUT2D eigenvalue weighted by Gasteiger charge is 2.05. The van der Waals surface area contributed by atoms with Crippen LogP contribution in [-0.4, -0.2) is 21.3 Å². The summed E-state index contributed by atoms with van der Waals surface area (Å²) in [6.07, 6.45) is 1.14. The van der Waals surface area contributed by atoms with E-state index in [9.17, 15) is 0 Å². The lowest BCUT2D eigenvalue weighted by molar-refractivity contribution is 0.290. The second-order valence-electron chi connectivity index (χ2n) is 4.84. The number of rotatable bonds is 7. The van der Waals surface area contributed by atoms with Crippen molar-refractivity contribution in [1.82, 2.24) is 20.1 Å². The third kappa shape index (κ3) is 3.81. The molecule has 0 aliphatic rings. The molecule has 5 nitrogen and oxygen atoms in total. The van der Waals surface area contributed by atoms with Gasteiger partial charge in [-0.25, -0.2) is 0 Å². The van der Waals surface area contributed by atoms with Crippen LogP contribution < -0.4 is 10.1 Å². The molecular formula is C15H22N4O. The van der Waals surface area contributed by atoms with Gasteiger partial charge in [0.15, 0.2) is 5.82 Å². The van der Waals surface area contributed by atoms with Crippen molar-refractivity contribution in [2.45, 2.75) is 33.4 Å². The van der Waals surface area contributed by atoms with E-state index in [2.05, 4.69) is 34.6 Å². The summed E-state index contributed by atoms with van der Waals surface area (Å²) in [4.78, 5) is 0. The summed E-state index contributed by atoms with van der Waals surface area (Å²) in [5.74, 6) is 2.58. The minimum Gasteiger partial charge on any atom is -0.486 e. The summed E-state index contributed by atoms with van der Waals surface area (Å²) >= 11 is 0. The van der Waals surface area contributed by atoms with Gasteiger partial charge in [0, 0.05) is 13.6 Å². The van der Waals surface area contributed by atoms with Gasteiger partial charge in [-0.3, -0.25) is 0 Å². The van der Waals surface area contributed by atoms with Crippen LogP contribution in [-0.2, 0) is 20.2 Å². The highest BCUT2D eigenvalue weighted by atomic mass is 16.5. The van der Waals surface area contributed by atoms with E-state index in [1.54, 1.807) is 0 Å². The standard InChI is InChI=1S/C15H22N4O/c1-4-8-16-10-13-6-5-7-14(9-13)20-11-15-18-17-12(2)19(15)3/h5-7,9,16H,4,8,10-11H2,1-3H3. The summed E-state index contributed by atoms with van der Waals surface area (Å²) in [7, 11) is 1.94. The first-order chi connectivity index (χ1) is 9.70. The molecule has 20 heavy (non-hydrogen) atoms. The third-order valence-electron chi connectivity index (χ3n) is 3.21. The van der Waals surface area contributed by atoms with Crippen LogP contribution in [0.2, 0.25) is 0 Å². The van der Waals surface area contributed by atoms with Crippen LogP contribution in [0.25, 0.3) is 0 Å². The zero-order valence-electron chi connectivity index (χ0n) is 12.4. The van der Waals surface area contributed by atoms with E-state index >= 15 is 0 Å². The molecule has 0 amide bonds. The summed E-state index contributed by atoms with van der Waals surface area (Å²) in [5.41, 5.74) is 1.23. The van der Waals surface area contributed by atoms with Gasteiger partial charge in [0.2, 0.25) is 0 Å². The number of nitrogens with zero attached hydrogens (tertiary/aromatic N) is 3. The van der Waals surface area contributed by atoms with Gasteiger partial charge in [-0.1, -0.05) is 19.1 Å². The second-order valence-corrected chi connectivity index (χ2v) is 4.84. The van der Waals surface area contributed by atoms with Crippen LogP contribution in [0.1, 0.15) is 30.6 Å². The van der Waals surface area contributed by atoms with Crippen molar-refractivity contribution in [2.75, 3.05) is 6.54 Å². The van der Waals surface area contributed by atoms with Crippen LogP contribution >= 0.6 is 0 Å². The molecule has 2 aromatic rings. The average Bonchev–Trinajstić information content (AvgIpc) is 2.77. The molecule has 5 heteroatoms. The van der Waals surface area contributed by atoms with E-state index in [0.717, 1.165) is 36.9 Å². The maximum Gasteiger partial charge on any atom is 0.170 e. The highest BCUT2D eigenvalue weighted by molar-refractivity contribution is 5.28. The Kier molecular flexibility index (Phi) is 5.12. The molecular weight excluding hydrogens is 252 g/mol. The Morgan fingerprint density at radius 1 is 1.30 bits per heavy atom. The number of benzene rings is 1. The monoisotopic (exact) mass is 274 g/mol. The first-order valence-electron chi connectivity index (χ1n) is 6.98. The number of aryl methyl sites for hydroxylation is 1. The van der Waals surface area contributed by atoms with Crippen molar-refractivity contribution in [2.24, 2.45) is 7.05 Å². The van der Waals surface area contributed by atoms with Crippen molar-refractivity contribution in [3.63, 3.8) is 0 Å². The third-order valence-corrected chi connectivity index (χ3v) is 3.21. The summed E-state index contributed by atoms with van der Waals surface area (Å²) < 4.78 is 7.72. The SMILES string of the molecule is CCCNCc1cccc(OCc2nnc(C)n2C)c1. The Balaban J connectivity index is 1.92. The van der Waals surface area contributed by atoms with Gasteiger partial charge in [-0.05, 0) is 37.6 Å². The molecule has 2 rings (SSSR count). The molecule has 0 radical (unpaired) electrons. The molecule has 1 aromatic heterocycles. The first-order valence-corrected chi connectivity index (χ1v) is 6.98. The van der Waals surface area contributed by atoms with Crippen molar-refractivity contribution < 1.29 is 4.74 Å². The predicted octanol–water partition coefficient (Wildman–Crippen LogP) is 2.20. The van der Waals surface area contributed by atoms with Gasteiger partial charge < -0.3 is 14.6 Å². The lowest BCUT2D eigenvalue weighted by atomic mass is 10.2. The Morgan fingerprint density at radius 2 is 2.15 bits per heavy atom. The summed E-state index contributed by atoms with van der Waals surface area (Å²) in [6.45, 7) is 6.42. The van der Waals surface area contributed by atoms with Crippen molar-refractivity contribution in [3.8, 4) is 5.75 Å². The molecule has 0 aliphatic carbocycles. The lowest BCUT2D eigenvalue weighted by Crippen LogP contribution is -2.13. The maximum absolute atomic E-state index is 5.78. The fourth-order valence-corrected chi connectivity index (χ4v) is 1.88. The number of aromatic nitrogens is 3. The topological polar surface area (TPSA) is 52.0 Å². The fraction of sp³-hybridized carbons (Fsp3) is 0.467. The molecule has 0 spiro atoms. The van der Waals surface area contributed by atoms with Gasteiger partial charge in [0.25, 0.3) is 0 Å². The molecule has 0 bridgehead atoms. The van der Waals surface area contributed by atoms with Gasteiger partial charge in [0.1, 0.15) is 18.2 Å². The van der Waals surface area contributed by atoms with Gasteiger partial charge in [-0.2, -0.15) is 0 Å². The van der Waals surface area contributed by atoms with Crippen LogP contribution in [0, 0.1) is 6.92 Å². The Bertz CT molecular complexity index is 551. The van der Waals surface area contributed by atoms with E-state index in [4.69, 9.17) is 4.74 Å². The zero-order chi connectivity index (χ0) is 14.4. The highest BCUT2D eigenvalue weighted by Crippen LogP contribution is 2.14. The van der Waals surface area contributed by atoms with Crippen molar-refractivity contribution in [1.29, 1.82) is 0 Å². The summed E-state index contributed by atoms with van der Waals surface area (Å²) in [5, 5.41) is 11.5. The Hall–Kier alpha value is -1.88. The molecule has 1 N–H and O–H groups in total. The largest absolute Gasteiger partial charge is 0.486 e. The Morgan fingerprint density at radius 3 is 2.85 bits per heavy atom. The smallest absolute Gasteiger partial charge is 0.170 e. The number of hydrogen-bond donors (Lipinski definition) is 1. The van der Waals surface area contributed by atoms with Gasteiger partial charge >= 0.3 is 0 Å². The number of nitrogens with one attached hydrogen (secondary N) is 1. The number of hydrogen-bond acceptors (Lipinski definition) is 4. The number of ether oxygens (including phenoxy) is 1. The summed E-state index contributed by atoms with van der Waals surface area (Å²) in [6, 6.07) is 8.14. The quantitative estimate of drug-likeness (QED) is 0.786. The van der Waals surface area contributed by atoms with Crippen molar-refractivity contribution >= 4 is 0 Å². The molecule has 0 saturated carbocycles. The van der Waals surface area contributed by atoms with Crippen LogP contribution in [0.4, 0.5) is 0 Å². The minimum absolute atomic E-state index is 0.434. The molecule has 0 aliphatic heterocycles. The van der Waals surface area contributed by atoms with Crippen molar-refractivity contribution in [3.05, 3.63) is 41.5 Å². The minimum atomic E-state index is 0.434. The van der Waals surface area contributed by atoms with E-state index in [1.165, 1.54) is 5.56 Å². The lowest BCUT2D eigenvalue weighted by Gasteiger charge is -2.08. The molecule has 0 fully saturated rings. The van der Waals surface area contributed by atoms with E-state index in [0.29, 0.717) is 6.61 Å². The van der Waals surface area contributed by atoms with Crippen LogP contribution in [0.15, 0.2) is 24.3 Å². The van der Waals surface area contributed by atoms with Crippen LogP contribution in [0.3, 0.4) is 0 Å². The fourth-order valence-electron chi connectivity index (χ4n) is 1.88. The van der Waals surface area contributed by atoms with Gasteiger partial charge in [-0.15, -0.1) is 10.2 Å². The zero-order valence-corrected chi connectivity index (χ0v) is 12.4. The molecule has 0 unspecified atom stereocenters. The maximum atomic E-state index is 5.78. The van der Waals surface area contributed by atoms with Gasteiger partial charge in [0.05, 0.1) is 0 Å². The van der Waals surface area contributed by atoms with E-state index in [-0.39, 0.29) is 0 Å². The Labute approximate surface area is 120 Å². The first kappa shape index (κ1) is 14.5. The second kappa shape index (κ2) is 7.05. The van der Waals surface area contributed by atoms with E-state index < -0.39 is 0 Å². The predicted molar refractivity (Wildman–Crippen MR) is 78.5 cm³/mol. The molecule has 1 aromatic carbocycles. The molecule has 1 heterocycles. The molecule has 0 atom stereocenters. The average molecular weight is 274 g/mol.